The van der Waals surface area contributed by atoms with E-state index in [1.807, 2.05) is 25.9 Å². The Kier molecular flexibility index (Phi) is 5.08. The molecule has 1 unspecified atom stereocenters. The zero-order valence-corrected chi connectivity index (χ0v) is 11.8. The van der Waals surface area contributed by atoms with Gasteiger partial charge in [-0.1, -0.05) is 0 Å². The molecule has 0 aromatic carbocycles. The zero-order valence-electron chi connectivity index (χ0n) is 10.2. The van der Waals surface area contributed by atoms with E-state index < -0.39 is 10.0 Å². The van der Waals surface area contributed by atoms with Crippen LogP contribution in [0.5, 0.6) is 0 Å². The molecule has 0 aliphatic carbocycles. The van der Waals surface area contributed by atoms with Gasteiger partial charge < -0.3 is 10.0 Å². The highest BCUT2D eigenvalue weighted by atomic mass is 32.2. The van der Waals surface area contributed by atoms with Crippen molar-refractivity contribution in [1.29, 1.82) is 0 Å². The first kappa shape index (κ1) is 14.6. The minimum absolute atomic E-state index is 0.126. The second kappa shape index (κ2) is 5.92. The quantitative estimate of drug-likeness (QED) is 0.793. The van der Waals surface area contributed by atoms with Crippen molar-refractivity contribution in [1.82, 2.24) is 9.62 Å². The third-order valence-corrected chi connectivity index (χ3v) is 5.02. The van der Waals surface area contributed by atoms with Gasteiger partial charge >= 0.3 is 0 Å². The summed E-state index contributed by atoms with van der Waals surface area (Å²) in [5.41, 5.74) is 0. The average Bonchev–Trinajstić information content (AvgIpc) is 2.75. The van der Waals surface area contributed by atoms with Crippen LogP contribution in [-0.2, 0) is 16.6 Å². The van der Waals surface area contributed by atoms with E-state index in [-0.39, 0.29) is 17.5 Å². The summed E-state index contributed by atoms with van der Waals surface area (Å²) in [5.74, 6) is 0. The number of aliphatic hydroxyl groups excluding tert-OH is 1. The maximum atomic E-state index is 11.9. The van der Waals surface area contributed by atoms with Crippen molar-refractivity contribution >= 4 is 21.4 Å². The molecular weight excluding hydrogens is 260 g/mol. The second-order valence-electron chi connectivity index (χ2n) is 4.07. The molecule has 0 radical (unpaired) electrons. The second-order valence-corrected chi connectivity index (χ2v) is 6.83. The highest BCUT2D eigenvalue weighted by Crippen LogP contribution is 2.18. The largest absolute Gasteiger partial charge is 0.391 e. The van der Waals surface area contributed by atoms with Crippen molar-refractivity contribution in [2.24, 2.45) is 0 Å². The first-order valence-electron chi connectivity index (χ1n) is 5.21. The Balaban J connectivity index is 2.69. The Bertz CT molecular complexity index is 454. The summed E-state index contributed by atoms with van der Waals surface area (Å²) in [5, 5.41) is 10.4. The molecule has 0 spiro atoms. The first-order chi connectivity index (χ1) is 7.86. The van der Waals surface area contributed by atoms with E-state index in [0.29, 0.717) is 11.4 Å². The van der Waals surface area contributed by atoms with E-state index >= 15 is 0 Å². The van der Waals surface area contributed by atoms with Crippen molar-refractivity contribution in [3.05, 3.63) is 16.3 Å². The van der Waals surface area contributed by atoms with Crippen LogP contribution in [0.4, 0.5) is 0 Å². The van der Waals surface area contributed by atoms with Gasteiger partial charge in [-0.25, -0.2) is 13.1 Å². The Morgan fingerprint density at radius 2 is 2.18 bits per heavy atom. The summed E-state index contributed by atoms with van der Waals surface area (Å²) >= 11 is 1.24. The number of nitrogens with one attached hydrogen (secondary N) is 1. The maximum absolute atomic E-state index is 11.9. The molecule has 1 aromatic heterocycles. The smallest absolute Gasteiger partial charge is 0.241 e. The van der Waals surface area contributed by atoms with Crippen LogP contribution in [0.15, 0.2) is 16.3 Å². The fourth-order valence-electron chi connectivity index (χ4n) is 1.08. The number of hydrogen-bond donors (Lipinski definition) is 2. The lowest BCUT2D eigenvalue weighted by molar-refractivity contribution is 0.285. The molecular formula is C10H18N2O3S2. The van der Waals surface area contributed by atoms with Gasteiger partial charge in [0.1, 0.15) is 0 Å². The number of sulfonamides is 1. The van der Waals surface area contributed by atoms with Gasteiger partial charge in [-0.3, -0.25) is 0 Å². The normalized spacial score (nSPS) is 14.2. The monoisotopic (exact) mass is 278 g/mol. The van der Waals surface area contributed by atoms with Crippen molar-refractivity contribution < 1.29 is 13.5 Å². The summed E-state index contributed by atoms with van der Waals surface area (Å²) in [6.07, 6.45) is 0. The summed E-state index contributed by atoms with van der Waals surface area (Å²) in [4.78, 5) is 2.80. The van der Waals surface area contributed by atoms with Crippen molar-refractivity contribution in [3.8, 4) is 0 Å². The summed E-state index contributed by atoms with van der Waals surface area (Å²) in [6, 6.07) is 1.62. The van der Waals surface area contributed by atoms with Crippen molar-refractivity contribution in [2.75, 3.05) is 20.6 Å². The molecule has 0 saturated carbocycles. The van der Waals surface area contributed by atoms with Crippen LogP contribution in [0.1, 0.15) is 11.8 Å². The molecule has 1 atom stereocenters. The Morgan fingerprint density at radius 1 is 1.53 bits per heavy atom. The molecule has 0 aliphatic rings. The van der Waals surface area contributed by atoms with Gasteiger partial charge in [0.05, 0.1) is 11.5 Å². The van der Waals surface area contributed by atoms with Gasteiger partial charge in [0, 0.05) is 22.8 Å². The van der Waals surface area contributed by atoms with E-state index in [2.05, 4.69) is 4.72 Å². The van der Waals surface area contributed by atoms with Crippen LogP contribution < -0.4 is 4.72 Å². The minimum atomic E-state index is -3.46. The number of nitrogens with zero attached hydrogens (tertiary/aromatic N) is 1. The van der Waals surface area contributed by atoms with E-state index in [0.717, 1.165) is 0 Å². The molecule has 0 aliphatic heterocycles. The van der Waals surface area contributed by atoms with Gasteiger partial charge in [0.15, 0.2) is 0 Å². The summed E-state index contributed by atoms with van der Waals surface area (Å²) in [7, 11) is 0.337. The van der Waals surface area contributed by atoms with Gasteiger partial charge in [-0.2, -0.15) is 0 Å². The highest BCUT2D eigenvalue weighted by Gasteiger charge is 2.17. The lowest BCUT2D eigenvalue weighted by Crippen LogP contribution is -2.38. The van der Waals surface area contributed by atoms with E-state index in [1.54, 1.807) is 0 Å². The topological polar surface area (TPSA) is 69.6 Å². The van der Waals surface area contributed by atoms with Crippen LogP contribution in [0.3, 0.4) is 0 Å². The van der Waals surface area contributed by atoms with Gasteiger partial charge in [0.2, 0.25) is 10.0 Å². The Hall–Kier alpha value is -0.470. The van der Waals surface area contributed by atoms with Gasteiger partial charge in [-0.05, 0) is 27.1 Å². The molecule has 1 heterocycles. The van der Waals surface area contributed by atoms with Gasteiger partial charge in [0.25, 0.3) is 0 Å². The lowest BCUT2D eigenvalue weighted by atomic mass is 10.3. The molecule has 17 heavy (non-hydrogen) atoms. The summed E-state index contributed by atoms with van der Waals surface area (Å²) < 4.78 is 26.3. The zero-order chi connectivity index (χ0) is 13.1. The lowest BCUT2D eigenvalue weighted by Gasteiger charge is -2.19. The Morgan fingerprint density at radius 3 is 2.65 bits per heavy atom. The number of rotatable bonds is 6. The third-order valence-electron chi connectivity index (χ3n) is 2.55. The fourth-order valence-corrected chi connectivity index (χ4v) is 3.34. The predicted octanol–water partition coefficient (Wildman–Crippen LogP) is 0.469. The van der Waals surface area contributed by atoms with Crippen molar-refractivity contribution in [2.45, 2.75) is 24.5 Å². The first-order valence-corrected chi connectivity index (χ1v) is 7.57. The number of aliphatic hydroxyl groups is 1. The van der Waals surface area contributed by atoms with Crippen LogP contribution in [0.25, 0.3) is 0 Å². The maximum Gasteiger partial charge on any atom is 0.241 e. The molecule has 98 valence electrons. The standard InChI is InChI=1S/C10H18N2O3S2/c1-8(12(2)3)5-11-17(14,15)10-4-9(6-13)16-7-10/h4,7-8,11,13H,5-6H2,1-3H3. The third kappa shape index (κ3) is 4.04. The SMILES string of the molecule is CC(CNS(=O)(=O)c1csc(CO)c1)N(C)C. The Labute approximate surface area is 106 Å². The minimum Gasteiger partial charge on any atom is -0.391 e. The number of thiophene rings is 1. The number of likely N-dealkylation sites (N-methyl/N-ethyl adjacent to an activating group) is 1. The van der Waals surface area contributed by atoms with Crippen LogP contribution >= 0.6 is 11.3 Å². The molecule has 1 rings (SSSR count). The van der Waals surface area contributed by atoms with E-state index in [1.165, 1.54) is 22.8 Å². The molecule has 0 bridgehead atoms. The fraction of sp³-hybridized carbons (Fsp3) is 0.600. The molecule has 2 N–H and O–H groups in total. The predicted molar refractivity (Wildman–Crippen MR) is 68.6 cm³/mol. The summed E-state index contributed by atoms with van der Waals surface area (Å²) in [6.45, 7) is 2.17. The number of hydrogen-bond acceptors (Lipinski definition) is 5. The highest BCUT2D eigenvalue weighted by molar-refractivity contribution is 7.89. The van der Waals surface area contributed by atoms with Crippen LogP contribution in [-0.4, -0.2) is 45.1 Å². The van der Waals surface area contributed by atoms with Crippen LogP contribution in [0.2, 0.25) is 0 Å². The molecule has 0 saturated heterocycles. The molecule has 1 aromatic rings. The van der Waals surface area contributed by atoms with E-state index in [4.69, 9.17) is 5.11 Å². The molecule has 0 amide bonds. The average molecular weight is 278 g/mol. The molecule has 0 fully saturated rings. The molecule has 5 nitrogen and oxygen atoms in total. The van der Waals surface area contributed by atoms with Crippen molar-refractivity contribution in [3.63, 3.8) is 0 Å². The van der Waals surface area contributed by atoms with Gasteiger partial charge in [-0.15, -0.1) is 11.3 Å². The van der Waals surface area contributed by atoms with E-state index in [9.17, 15) is 8.42 Å². The van der Waals surface area contributed by atoms with Crippen LogP contribution in [0, 0.1) is 0 Å². The molecule has 7 heteroatoms.